The summed E-state index contributed by atoms with van der Waals surface area (Å²) in [5, 5.41) is 10.8. The van der Waals surface area contributed by atoms with E-state index >= 15 is 0 Å². The van der Waals surface area contributed by atoms with Crippen LogP contribution in [-0.4, -0.2) is 78.0 Å². The average Bonchev–Trinajstić information content (AvgIpc) is 3.75. The maximum Gasteiger partial charge on any atom is 0.270 e. The zero-order valence-electron chi connectivity index (χ0n) is 22.5. The minimum atomic E-state index is -2.87. The van der Waals surface area contributed by atoms with Gasteiger partial charge in [-0.1, -0.05) is 24.3 Å². The van der Waals surface area contributed by atoms with Crippen LogP contribution in [0.1, 0.15) is 64.4 Å². The van der Waals surface area contributed by atoms with Gasteiger partial charge in [0, 0.05) is 50.2 Å². The number of halogens is 2. The zero-order valence-corrected chi connectivity index (χ0v) is 22.5. The van der Waals surface area contributed by atoms with Crippen molar-refractivity contribution in [3.63, 3.8) is 0 Å². The molecular weight excluding hydrogens is 502 g/mol. The Labute approximate surface area is 228 Å². The number of carbonyl (C=O) groups is 2. The van der Waals surface area contributed by atoms with Crippen molar-refractivity contribution in [1.82, 2.24) is 9.80 Å². The monoisotopic (exact) mass is 540 g/mol. The summed E-state index contributed by atoms with van der Waals surface area (Å²) in [5.74, 6) is -3.50. The first-order chi connectivity index (χ1) is 18.7. The van der Waals surface area contributed by atoms with E-state index in [1.165, 1.54) is 4.90 Å². The van der Waals surface area contributed by atoms with E-state index < -0.39 is 29.9 Å². The number of nitrogens with two attached hydrogens (primary N) is 1. The molecule has 3 aliphatic rings. The standard InChI is InChI=1S/C30H38F2N4O3/c1-2-34-15-16-35(19-24(37)9-7-21-5-3-4-6-23(21)18-33)28(39)25-10-8-22(17-26(25)34)27(38)36-14-13-29(11-12-29)30(31,32)20-36/h3-6,8,10,17,24,37H,2,7,9,11-16,18-20,33H2,1H3/t24-/m0/s1. The van der Waals surface area contributed by atoms with E-state index in [0.29, 0.717) is 81.6 Å². The number of carbonyl (C=O) groups excluding carboxylic acids is 2. The number of aryl methyl sites for hydroxylation is 1. The van der Waals surface area contributed by atoms with Gasteiger partial charge in [-0.15, -0.1) is 0 Å². The van der Waals surface area contributed by atoms with Crippen LogP contribution in [0.5, 0.6) is 0 Å². The molecule has 7 nitrogen and oxygen atoms in total. The molecule has 2 fully saturated rings. The number of amides is 2. The van der Waals surface area contributed by atoms with Crippen LogP contribution in [0, 0.1) is 5.41 Å². The van der Waals surface area contributed by atoms with E-state index in [9.17, 15) is 23.5 Å². The van der Waals surface area contributed by atoms with Gasteiger partial charge in [0.1, 0.15) is 0 Å². The van der Waals surface area contributed by atoms with Crippen molar-refractivity contribution in [2.24, 2.45) is 11.1 Å². The smallest absolute Gasteiger partial charge is 0.270 e. The van der Waals surface area contributed by atoms with Gasteiger partial charge in [0.2, 0.25) is 0 Å². The summed E-state index contributed by atoms with van der Waals surface area (Å²) < 4.78 is 29.4. The number of alkyl halides is 2. The molecule has 2 aromatic carbocycles. The lowest BCUT2D eigenvalue weighted by Crippen LogP contribution is -2.51. The second-order valence-electron chi connectivity index (χ2n) is 11.2. The maximum atomic E-state index is 14.7. The number of rotatable bonds is 8. The topological polar surface area (TPSA) is 90.1 Å². The summed E-state index contributed by atoms with van der Waals surface area (Å²) >= 11 is 0. The van der Waals surface area contributed by atoms with Gasteiger partial charge in [-0.2, -0.15) is 0 Å². The van der Waals surface area contributed by atoms with Crippen LogP contribution in [0.15, 0.2) is 42.5 Å². The first kappa shape index (κ1) is 27.5. The Kier molecular flexibility index (Phi) is 7.66. The third-order valence-electron chi connectivity index (χ3n) is 8.81. The molecule has 2 heterocycles. The first-order valence-corrected chi connectivity index (χ1v) is 14.0. The van der Waals surface area contributed by atoms with Crippen molar-refractivity contribution in [2.45, 2.75) is 57.6 Å². The van der Waals surface area contributed by atoms with Gasteiger partial charge in [-0.05, 0) is 68.4 Å². The fourth-order valence-electron chi connectivity index (χ4n) is 6.05. The average molecular weight is 541 g/mol. The van der Waals surface area contributed by atoms with Crippen LogP contribution in [0.2, 0.25) is 0 Å². The molecule has 2 aliphatic heterocycles. The van der Waals surface area contributed by atoms with Gasteiger partial charge in [-0.25, -0.2) is 8.78 Å². The minimum absolute atomic E-state index is 0.200. The molecule has 0 bridgehead atoms. The number of hydrogen-bond donors (Lipinski definition) is 2. The number of benzene rings is 2. The van der Waals surface area contributed by atoms with E-state index in [0.717, 1.165) is 11.1 Å². The number of hydrogen-bond acceptors (Lipinski definition) is 5. The normalized spacial score (nSPS) is 20.5. The highest BCUT2D eigenvalue weighted by Crippen LogP contribution is 2.61. The van der Waals surface area contributed by atoms with E-state index in [1.807, 2.05) is 36.1 Å². The number of β-amino-alcohol motifs (C(OH)–C–C–N with tert-alkyl or cyclic N) is 1. The molecular formula is C30H38F2N4O3. The van der Waals surface area contributed by atoms with Crippen molar-refractivity contribution in [3.05, 3.63) is 64.7 Å². The molecule has 0 unspecified atom stereocenters. The van der Waals surface area contributed by atoms with Crippen LogP contribution in [0.3, 0.4) is 0 Å². The summed E-state index contributed by atoms with van der Waals surface area (Å²) in [5.41, 5.74) is 8.46. The summed E-state index contributed by atoms with van der Waals surface area (Å²) in [6.45, 7) is 3.97. The van der Waals surface area contributed by atoms with Crippen LogP contribution < -0.4 is 10.6 Å². The van der Waals surface area contributed by atoms with E-state index in [2.05, 4.69) is 0 Å². The Hall–Kier alpha value is -3.04. The number of piperidine rings is 1. The predicted octanol–water partition coefficient (Wildman–Crippen LogP) is 3.68. The molecule has 1 aliphatic carbocycles. The van der Waals surface area contributed by atoms with Gasteiger partial charge in [0.15, 0.2) is 0 Å². The van der Waals surface area contributed by atoms with Crippen LogP contribution in [-0.2, 0) is 13.0 Å². The van der Waals surface area contributed by atoms with Crippen LogP contribution >= 0.6 is 0 Å². The zero-order chi connectivity index (χ0) is 27.8. The predicted molar refractivity (Wildman–Crippen MR) is 146 cm³/mol. The lowest BCUT2D eigenvalue weighted by molar-refractivity contribution is -0.116. The lowest BCUT2D eigenvalue weighted by Gasteiger charge is -2.39. The fraction of sp³-hybridized carbons (Fsp3) is 0.533. The number of aliphatic hydroxyl groups excluding tert-OH is 1. The van der Waals surface area contributed by atoms with Gasteiger partial charge in [-0.3, -0.25) is 9.59 Å². The fourth-order valence-corrected chi connectivity index (χ4v) is 6.05. The van der Waals surface area contributed by atoms with Crippen molar-refractivity contribution in [3.8, 4) is 0 Å². The van der Waals surface area contributed by atoms with Crippen molar-refractivity contribution in [2.75, 3.05) is 44.2 Å². The molecule has 9 heteroatoms. The van der Waals surface area contributed by atoms with Crippen molar-refractivity contribution in [1.29, 1.82) is 0 Å². The molecule has 39 heavy (non-hydrogen) atoms. The van der Waals surface area contributed by atoms with E-state index in [4.69, 9.17) is 5.73 Å². The summed E-state index contributed by atoms with van der Waals surface area (Å²) in [6.07, 6.45) is 1.84. The number of nitrogens with zero attached hydrogens (tertiary/aromatic N) is 3. The third kappa shape index (κ3) is 5.39. The van der Waals surface area contributed by atoms with Crippen LogP contribution in [0.4, 0.5) is 14.5 Å². The minimum Gasteiger partial charge on any atom is -0.391 e. The van der Waals surface area contributed by atoms with Crippen molar-refractivity contribution < 1.29 is 23.5 Å². The number of likely N-dealkylation sites (N-methyl/N-ethyl adjacent to an activating group) is 1. The largest absolute Gasteiger partial charge is 0.391 e. The summed E-state index contributed by atoms with van der Waals surface area (Å²) in [4.78, 5) is 31.7. The van der Waals surface area contributed by atoms with E-state index in [-0.39, 0.29) is 12.5 Å². The Morgan fingerprint density at radius 2 is 1.77 bits per heavy atom. The molecule has 3 N–H and O–H groups in total. The Bertz CT molecular complexity index is 1230. The molecule has 1 spiro atoms. The molecule has 1 atom stereocenters. The molecule has 2 amide bonds. The second kappa shape index (κ2) is 10.8. The van der Waals surface area contributed by atoms with Crippen LogP contribution in [0.25, 0.3) is 0 Å². The number of fused-ring (bicyclic) bond motifs is 1. The third-order valence-corrected chi connectivity index (χ3v) is 8.81. The lowest BCUT2D eigenvalue weighted by atomic mass is 9.89. The molecule has 2 aromatic rings. The highest BCUT2D eigenvalue weighted by molar-refractivity contribution is 6.03. The SMILES string of the molecule is CCN1CCN(C[C@@H](O)CCc2ccccc2CN)C(=O)c2ccc(C(=O)N3CCC4(CC4)C(F)(F)C3)cc21. The summed E-state index contributed by atoms with van der Waals surface area (Å²) in [7, 11) is 0. The Balaban J connectivity index is 1.28. The summed E-state index contributed by atoms with van der Waals surface area (Å²) in [6, 6.07) is 12.7. The molecule has 0 aromatic heterocycles. The highest BCUT2D eigenvalue weighted by Gasteiger charge is 2.64. The quantitative estimate of drug-likeness (QED) is 0.533. The molecule has 0 radical (unpaired) electrons. The maximum absolute atomic E-state index is 14.7. The highest BCUT2D eigenvalue weighted by atomic mass is 19.3. The number of anilines is 1. The van der Waals surface area contributed by atoms with E-state index in [1.54, 1.807) is 23.1 Å². The van der Waals surface area contributed by atoms with Crippen molar-refractivity contribution >= 4 is 17.5 Å². The first-order valence-electron chi connectivity index (χ1n) is 14.0. The molecule has 210 valence electrons. The van der Waals surface area contributed by atoms with Gasteiger partial charge in [0.05, 0.1) is 23.9 Å². The second-order valence-corrected chi connectivity index (χ2v) is 11.2. The number of aliphatic hydroxyl groups is 1. The van der Waals surface area contributed by atoms with Gasteiger partial charge >= 0.3 is 0 Å². The van der Waals surface area contributed by atoms with Gasteiger partial charge < -0.3 is 25.5 Å². The Morgan fingerprint density at radius 1 is 1.05 bits per heavy atom. The molecule has 1 saturated heterocycles. The van der Waals surface area contributed by atoms with Gasteiger partial charge in [0.25, 0.3) is 17.7 Å². The molecule has 1 saturated carbocycles. The number of likely N-dealkylation sites (tertiary alicyclic amines) is 1. The Morgan fingerprint density at radius 3 is 2.44 bits per heavy atom. The molecule has 5 rings (SSSR count).